The Morgan fingerprint density at radius 2 is 1.95 bits per heavy atom. The van der Waals surface area contributed by atoms with Crippen molar-refractivity contribution in [1.82, 2.24) is 4.90 Å². The van der Waals surface area contributed by atoms with Gasteiger partial charge in [-0.05, 0) is 55.1 Å². The van der Waals surface area contributed by atoms with Crippen LogP contribution in [0.25, 0.3) is 0 Å². The first-order valence-electron chi connectivity index (χ1n) is 13.0. The predicted molar refractivity (Wildman–Crippen MR) is 143 cm³/mol. The second kappa shape index (κ2) is 9.06. The van der Waals surface area contributed by atoms with Crippen molar-refractivity contribution in [2.75, 3.05) is 19.0 Å². The summed E-state index contributed by atoms with van der Waals surface area (Å²) in [5, 5.41) is 14.7. The Balaban J connectivity index is 1.60. The van der Waals surface area contributed by atoms with Crippen LogP contribution in [0.5, 0.6) is 5.75 Å². The minimum absolute atomic E-state index is 0.0237. The first kappa shape index (κ1) is 24.3. The number of carbonyl (C=O) groups is 2. The van der Waals surface area contributed by atoms with Gasteiger partial charge in [0.05, 0.1) is 18.0 Å². The number of hydrogen-bond donors (Lipinski definition) is 1. The van der Waals surface area contributed by atoms with Crippen LogP contribution in [0.4, 0.5) is 11.4 Å². The number of rotatable bonds is 6. The van der Waals surface area contributed by atoms with Crippen LogP contribution in [0.15, 0.2) is 66.7 Å². The van der Waals surface area contributed by atoms with Crippen molar-refractivity contribution in [1.29, 1.82) is 0 Å². The highest BCUT2D eigenvalue weighted by atomic mass is 16.6. The molecule has 0 saturated carbocycles. The summed E-state index contributed by atoms with van der Waals surface area (Å²) >= 11 is 0. The summed E-state index contributed by atoms with van der Waals surface area (Å²) < 4.78 is 5.53. The summed E-state index contributed by atoms with van der Waals surface area (Å²) in [6.45, 7) is 2.71. The van der Waals surface area contributed by atoms with Crippen LogP contribution in [0.3, 0.4) is 0 Å². The molecule has 2 fully saturated rings. The Hall–Kier alpha value is -4.04. The van der Waals surface area contributed by atoms with Crippen LogP contribution in [-0.4, -0.2) is 41.2 Å². The highest BCUT2D eigenvalue weighted by molar-refractivity contribution is 6.12. The van der Waals surface area contributed by atoms with E-state index in [1.807, 2.05) is 42.5 Å². The average Bonchev–Trinajstić information content (AvgIpc) is 3.61. The number of nitrogens with zero attached hydrogens (tertiary/aromatic N) is 2. The third kappa shape index (κ3) is 3.40. The molecule has 3 aliphatic rings. The third-order valence-electron chi connectivity index (χ3n) is 8.60. The fourth-order valence-electron chi connectivity index (χ4n) is 6.97. The molecule has 0 radical (unpaired) electrons. The summed E-state index contributed by atoms with van der Waals surface area (Å²) in [5.74, 6) is -0.949. The number of aryl methyl sites for hydroxylation is 1. The van der Waals surface area contributed by atoms with E-state index in [9.17, 15) is 19.7 Å². The van der Waals surface area contributed by atoms with Crippen molar-refractivity contribution < 1.29 is 19.2 Å². The van der Waals surface area contributed by atoms with Crippen molar-refractivity contribution in [2.45, 2.75) is 43.7 Å². The quantitative estimate of drug-likeness (QED) is 0.282. The maximum absolute atomic E-state index is 14.6. The van der Waals surface area contributed by atoms with Crippen LogP contribution in [0, 0.1) is 16.0 Å². The molecule has 8 heteroatoms. The lowest BCUT2D eigenvalue weighted by Gasteiger charge is -2.37. The number of ether oxygens (including phenoxy) is 1. The Labute approximate surface area is 220 Å². The molecule has 4 atom stereocenters. The van der Waals surface area contributed by atoms with Crippen LogP contribution >= 0.6 is 0 Å². The molecule has 3 aromatic carbocycles. The van der Waals surface area contributed by atoms with E-state index in [4.69, 9.17) is 4.74 Å². The number of nitrogens with one attached hydrogen (secondary N) is 1. The maximum Gasteiger partial charge on any atom is 0.269 e. The number of nitro groups is 1. The lowest BCUT2D eigenvalue weighted by Crippen LogP contribution is -2.52. The molecule has 194 valence electrons. The van der Waals surface area contributed by atoms with Gasteiger partial charge in [0.15, 0.2) is 5.78 Å². The molecule has 3 unspecified atom stereocenters. The second-order valence-electron chi connectivity index (χ2n) is 10.3. The zero-order valence-corrected chi connectivity index (χ0v) is 21.3. The van der Waals surface area contributed by atoms with E-state index in [2.05, 4.69) is 17.1 Å². The number of anilines is 1. The van der Waals surface area contributed by atoms with E-state index < -0.39 is 22.3 Å². The number of methoxy groups -OCH3 is 1. The Morgan fingerprint density at radius 3 is 2.66 bits per heavy atom. The van der Waals surface area contributed by atoms with E-state index in [1.165, 1.54) is 6.07 Å². The summed E-state index contributed by atoms with van der Waals surface area (Å²) in [5.41, 5.74) is 2.48. The molecule has 0 aromatic heterocycles. The van der Waals surface area contributed by atoms with E-state index in [1.54, 1.807) is 25.3 Å². The summed E-state index contributed by atoms with van der Waals surface area (Å²) in [7, 11) is 1.58. The van der Waals surface area contributed by atoms with Crippen molar-refractivity contribution in [2.24, 2.45) is 5.92 Å². The summed E-state index contributed by atoms with van der Waals surface area (Å²) in [6.07, 6.45) is 2.51. The van der Waals surface area contributed by atoms with Gasteiger partial charge in [-0.25, -0.2) is 0 Å². The molecule has 1 amide bonds. The molecule has 0 aliphatic carbocycles. The fourth-order valence-corrected chi connectivity index (χ4v) is 6.97. The standard InChI is InChI=1S/C30H29N3O5/c1-3-18-9-11-19(12-10-18)28(34)27-26(20-6-4-7-21(16-20)33(36)37)25-8-5-15-32(25)30(27)23-17-22(38-2)13-14-24(23)31-29(30)35/h4,6-7,9-14,16-17,25-27H,3,5,8,15H2,1-2H3,(H,31,35)/t25?,26?,27?,30-/m1/s1. The normalized spacial score (nSPS) is 25.7. The first-order valence-corrected chi connectivity index (χ1v) is 13.0. The number of benzene rings is 3. The van der Waals surface area contributed by atoms with Crippen LogP contribution < -0.4 is 10.1 Å². The second-order valence-corrected chi connectivity index (χ2v) is 10.3. The number of carbonyl (C=O) groups excluding carboxylic acids is 2. The molecule has 8 nitrogen and oxygen atoms in total. The number of ketones is 1. The van der Waals surface area contributed by atoms with E-state index in [0.717, 1.165) is 30.4 Å². The minimum atomic E-state index is -1.25. The molecular formula is C30H29N3O5. The minimum Gasteiger partial charge on any atom is -0.497 e. The number of amides is 1. The topological polar surface area (TPSA) is 102 Å². The van der Waals surface area contributed by atoms with E-state index >= 15 is 0 Å². The Kier molecular flexibility index (Phi) is 5.79. The fraction of sp³-hybridized carbons (Fsp3) is 0.333. The predicted octanol–water partition coefficient (Wildman–Crippen LogP) is 5.07. The number of non-ortho nitro benzene ring substituents is 1. The smallest absolute Gasteiger partial charge is 0.269 e. The van der Waals surface area contributed by atoms with Gasteiger partial charge in [0.25, 0.3) is 5.69 Å². The number of hydrogen-bond acceptors (Lipinski definition) is 6. The van der Waals surface area contributed by atoms with Crippen molar-refractivity contribution in [3.63, 3.8) is 0 Å². The molecule has 1 spiro atoms. The van der Waals surface area contributed by atoms with Crippen LogP contribution in [-0.2, 0) is 16.8 Å². The molecular weight excluding hydrogens is 482 g/mol. The average molecular weight is 512 g/mol. The van der Waals surface area contributed by atoms with Crippen molar-refractivity contribution in [3.8, 4) is 5.75 Å². The van der Waals surface area contributed by atoms with Crippen molar-refractivity contribution >= 4 is 23.1 Å². The highest BCUT2D eigenvalue weighted by Crippen LogP contribution is 2.61. The SMILES string of the molecule is CCc1ccc(C(=O)C2C(c3cccc([N+](=O)[O-])c3)C3CCCN3[C@@]23C(=O)Nc2ccc(OC)cc23)cc1. The summed E-state index contributed by atoms with van der Waals surface area (Å²) in [6, 6.07) is 19.5. The molecule has 3 aromatic rings. The van der Waals surface area contributed by atoms with Gasteiger partial charge in [-0.15, -0.1) is 0 Å². The van der Waals surface area contributed by atoms with Crippen molar-refractivity contribution in [3.05, 3.63) is 99.1 Å². The number of nitro benzene ring substituents is 1. The Bertz CT molecular complexity index is 1450. The zero-order chi connectivity index (χ0) is 26.6. The Morgan fingerprint density at radius 1 is 1.16 bits per heavy atom. The molecule has 6 rings (SSSR count). The van der Waals surface area contributed by atoms with Gasteiger partial charge >= 0.3 is 0 Å². The molecule has 0 bridgehead atoms. The van der Waals surface area contributed by atoms with Gasteiger partial charge in [-0.3, -0.25) is 24.6 Å². The first-order chi connectivity index (χ1) is 18.4. The molecule has 38 heavy (non-hydrogen) atoms. The van der Waals surface area contributed by atoms with Gasteiger partial charge in [0.2, 0.25) is 5.91 Å². The molecule has 2 saturated heterocycles. The van der Waals surface area contributed by atoms with Gasteiger partial charge in [0, 0.05) is 40.9 Å². The van der Waals surface area contributed by atoms with Gasteiger partial charge in [-0.1, -0.05) is 43.3 Å². The molecule has 3 aliphatic heterocycles. The lowest BCUT2D eigenvalue weighted by atomic mass is 9.68. The lowest BCUT2D eigenvalue weighted by molar-refractivity contribution is -0.384. The number of fused-ring (bicyclic) bond motifs is 4. The molecule has 1 N–H and O–H groups in total. The van der Waals surface area contributed by atoms with Gasteiger partial charge in [0.1, 0.15) is 11.3 Å². The van der Waals surface area contributed by atoms with E-state index in [-0.39, 0.29) is 23.4 Å². The highest BCUT2D eigenvalue weighted by Gasteiger charge is 2.69. The van der Waals surface area contributed by atoms with Crippen LogP contribution in [0.1, 0.15) is 52.7 Å². The monoisotopic (exact) mass is 511 g/mol. The maximum atomic E-state index is 14.6. The number of Topliss-reactive ketones (excluding diaryl/α,β-unsaturated/α-hetero) is 1. The van der Waals surface area contributed by atoms with Gasteiger partial charge in [-0.2, -0.15) is 0 Å². The van der Waals surface area contributed by atoms with Gasteiger partial charge < -0.3 is 10.1 Å². The zero-order valence-electron chi connectivity index (χ0n) is 21.3. The van der Waals surface area contributed by atoms with Crippen LogP contribution in [0.2, 0.25) is 0 Å². The van der Waals surface area contributed by atoms with E-state index in [0.29, 0.717) is 29.1 Å². The summed E-state index contributed by atoms with van der Waals surface area (Å²) in [4.78, 5) is 42.2. The third-order valence-corrected chi connectivity index (χ3v) is 8.60. The molecule has 3 heterocycles. The largest absolute Gasteiger partial charge is 0.497 e.